The van der Waals surface area contributed by atoms with Gasteiger partial charge >= 0.3 is 0 Å². The highest BCUT2D eigenvalue weighted by molar-refractivity contribution is 7.13. The van der Waals surface area contributed by atoms with Gasteiger partial charge in [-0.05, 0) is 18.4 Å². The minimum absolute atomic E-state index is 0.171. The second-order valence-electron chi connectivity index (χ2n) is 4.42. The molecule has 0 spiro atoms. The quantitative estimate of drug-likeness (QED) is 0.886. The van der Waals surface area contributed by atoms with Gasteiger partial charge in [-0.25, -0.2) is 4.98 Å². The normalized spacial score (nSPS) is 12.6. The van der Waals surface area contributed by atoms with E-state index in [1.165, 1.54) is 5.56 Å². The Bertz CT molecular complexity index is 485. The summed E-state index contributed by atoms with van der Waals surface area (Å²) in [5.41, 5.74) is 3.52. The van der Waals surface area contributed by atoms with Crippen molar-refractivity contribution in [2.45, 2.75) is 32.6 Å². The number of hydrogen-bond donors (Lipinski definition) is 1. The van der Waals surface area contributed by atoms with Gasteiger partial charge in [0.2, 0.25) is 0 Å². The molecule has 1 unspecified atom stereocenters. The average Bonchev–Trinajstić information content (AvgIpc) is 2.90. The first-order valence-electron chi connectivity index (χ1n) is 6.44. The summed E-state index contributed by atoms with van der Waals surface area (Å²) < 4.78 is 0. The van der Waals surface area contributed by atoms with Crippen LogP contribution < -0.4 is 0 Å². The zero-order valence-corrected chi connectivity index (χ0v) is 11.7. The van der Waals surface area contributed by atoms with Crippen molar-refractivity contribution in [2.24, 2.45) is 0 Å². The fourth-order valence-corrected chi connectivity index (χ4v) is 2.83. The maximum absolute atomic E-state index is 9.29. The van der Waals surface area contributed by atoms with Crippen molar-refractivity contribution in [1.82, 2.24) is 4.98 Å². The first-order valence-corrected chi connectivity index (χ1v) is 7.32. The molecule has 0 aliphatic carbocycles. The van der Waals surface area contributed by atoms with Gasteiger partial charge in [-0.3, -0.25) is 0 Å². The molecule has 0 bridgehead atoms. The maximum atomic E-state index is 9.29. The van der Waals surface area contributed by atoms with E-state index in [0.717, 1.165) is 29.1 Å². The second kappa shape index (κ2) is 6.12. The Morgan fingerprint density at radius 1 is 1.22 bits per heavy atom. The fraction of sp³-hybridized carbons (Fsp3) is 0.400. The zero-order chi connectivity index (χ0) is 13.0. The summed E-state index contributed by atoms with van der Waals surface area (Å²) in [7, 11) is 0. The third-order valence-electron chi connectivity index (χ3n) is 3.26. The Hall–Kier alpha value is -1.19. The number of benzene rings is 1. The van der Waals surface area contributed by atoms with Gasteiger partial charge in [-0.2, -0.15) is 0 Å². The first-order chi connectivity index (χ1) is 8.78. The predicted molar refractivity (Wildman–Crippen MR) is 77.0 cm³/mol. The topological polar surface area (TPSA) is 33.1 Å². The van der Waals surface area contributed by atoms with Crippen LogP contribution in [0.25, 0.3) is 10.6 Å². The lowest BCUT2D eigenvalue weighted by Gasteiger charge is -2.06. The van der Waals surface area contributed by atoms with Gasteiger partial charge in [0, 0.05) is 16.9 Å². The van der Waals surface area contributed by atoms with Crippen molar-refractivity contribution in [2.75, 3.05) is 6.61 Å². The van der Waals surface area contributed by atoms with Crippen molar-refractivity contribution >= 4 is 11.3 Å². The lowest BCUT2D eigenvalue weighted by molar-refractivity contribution is 0.260. The molecule has 3 heteroatoms. The Morgan fingerprint density at radius 2 is 1.94 bits per heavy atom. The molecule has 96 valence electrons. The van der Waals surface area contributed by atoms with Gasteiger partial charge < -0.3 is 5.11 Å². The van der Waals surface area contributed by atoms with E-state index < -0.39 is 0 Å². The summed E-state index contributed by atoms with van der Waals surface area (Å²) in [6.45, 7) is 4.41. The van der Waals surface area contributed by atoms with Crippen LogP contribution in [-0.4, -0.2) is 16.7 Å². The number of aliphatic hydroxyl groups excluding tert-OH is 1. The van der Waals surface area contributed by atoms with E-state index in [4.69, 9.17) is 0 Å². The minimum atomic E-state index is 0.171. The molecule has 1 aromatic heterocycles. The maximum Gasteiger partial charge on any atom is 0.123 e. The molecule has 0 saturated heterocycles. The van der Waals surface area contributed by atoms with Crippen LogP contribution in [0, 0.1) is 0 Å². The molecule has 1 atom stereocenters. The second-order valence-corrected chi connectivity index (χ2v) is 5.27. The SMILES string of the molecule is CCc1ccc(-c2nc(C(CC)CO)cs2)cc1. The molecule has 18 heavy (non-hydrogen) atoms. The predicted octanol–water partition coefficient (Wildman–Crippen LogP) is 3.86. The number of aromatic nitrogens is 1. The Balaban J connectivity index is 2.23. The molecule has 0 fully saturated rings. The lowest BCUT2D eigenvalue weighted by atomic mass is 10.1. The Labute approximate surface area is 112 Å². The van der Waals surface area contributed by atoms with Gasteiger partial charge in [0.15, 0.2) is 0 Å². The summed E-state index contributed by atoms with van der Waals surface area (Å²) in [6, 6.07) is 8.56. The summed E-state index contributed by atoms with van der Waals surface area (Å²) in [4.78, 5) is 4.64. The van der Waals surface area contributed by atoms with Crippen molar-refractivity contribution in [3.05, 3.63) is 40.9 Å². The average molecular weight is 261 g/mol. The third-order valence-corrected chi connectivity index (χ3v) is 4.17. The van der Waals surface area contributed by atoms with Crippen molar-refractivity contribution in [3.8, 4) is 10.6 Å². The van der Waals surface area contributed by atoms with Crippen LogP contribution in [-0.2, 0) is 6.42 Å². The summed E-state index contributed by atoms with van der Waals surface area (Å²) in [5, 5.41) is 12.4. The van der Waals surface area contributed by atoms with Crippen molar-refractivity contribution in [3.63, 3.8) is 0 Å². The van der Waals surface area contributed by atoms with Crippen LogP contribution in [0.3, 0.4) is 0 Å². The molecule has 0 aliphatic rings. The van der Waals surface area contributed by atoms with Gasteiger partial charge in [0.25, 0.3) is 0 Å². The number of thiazole rings is 1. The third kappa shape index (κ3) is 2.79. The van der Waals surface area contributed by atoms with Crippen LogP contribution in [0.2, 0.25) is 0 Å². The van der Waals surface area contributed by atoms with Gasteiger partial charge in [-0.15, -0.1) is 11.3 Å². The Morgan fingerprint density at radius 3 is 2.50 bits per heavy atom. The minimum Gasteiger partial charge on any atom is -0.396 e. The highest BCUT2D eigenvalue weighted by Crippen LogP contribution is 2.28. The van der Waals surface area contributed by atoms with Gasteiger partial charge in [0.05, 0.1) is 12.3 Å². The molecule has 2 rings (SSSR count). The van der Waals surface area contributed by atoms with E-state index in [-0.39, 0.29) is 12.5 Å². The fourth-order valence-electron chi connectivity index (χ4n) is 1.92. The van der Waals surface area contributed by atoms with E-state index in [1.807, 2.05) is 0 Å². The van der Waals surface area contributed by atoms with E-state index in [0.29, 0.717) is 0 Å². The van der Waals surface area contributed by atoms with Crippen LogP contribution >= 0.6 is 11.3 Å². The molecule has 0 aliphatic heterocycles. The molecule has 0 saturated carbocycles. The number of rotatable bonds is 5. The molecule has 2 aromatic rings. The molecular weight excluding hydrogens is 242 g/mol. The molecule has 0 amide bonds. The zero-order valence-electron chi connectivity index (χ0n) is 10.9. The summed E-state index contributed by atoms with van der Waals surface area (Å²) in [5.74, 6) is 0.171. The monoisotopic (exact) mass is 261 g/mol. The summed E-state index contributed by atoms with van der Waals surface area (Å²) >= 11 is 1.65. The summed E-state index contributed by atoms with van der Waals surface area (Å²) in [6.07, 6.45) is 1.99. The smallest absolute Gasteiger partial charge is 0.123 e. The molecule has 0 radical (unpaired) electrons. The number of aliphatic hydroxyl groups is 1. The van der Waals surface area contributed by atoms with Crippen LogP contribution in [0.4, 0.5) is 0 Å². The van der Waals surface area contributed by atoms with Crippen LogP contribution in [0.15, 0.2) is 29.6 Å². The lowest BCUT2D eigenvalue weighted by Crippen LogP contribution is -2.02. The van der Waals surface area contributed by atoms with E-state index in [1.54, 1.807) is 11.3 Å². The molecule has 1 N–H and O–H groups in total. The van der Waals surface area contributed by atoms with Gasteiger partial charge in [0.1, 0.15) is 5.01 Å². The van der Waals surface area contributed by atoms with Crippen molar-refractivity contribution < 1.29 is 5.11 Å². The standard InChI is InChI=1S/C15H19NOS/c1-3-11-5-7-13(8-6-11)15-16-14(10-18-15)12(4-2)9-17/h5-8,10,12,17H,3-4,9H2,1-2H3. The number of nitrogens with zero attached hydrogens (tertiary/aromatic N) is 1. The largest absolute Gasteiger partial charge is 0.396 e. The van der Waals surface area contributed by atoms with Crippen LogP contribution in [0.1, 0.15) is 37.4 Å². The van der Waals surface area contributed by atoms with E-state index >= 15 is 0 Å². The number of hydrogen-bond acceptors (Lipinski definition) is 3. The highest BCUT2D eigenvalue weighted by Gasteiger charge is 2.12. The molecule has 1 heterocycles. The molecule has 1 aromatic carbocycles. The van der Waals surface area contributed by atoms with E-state index in [9.17, 15) is 5.11 Å². The highest BCUT2D eigenvalue weighted by atomic mass is 32.1. The van der Waals surface area contributed by atoms with Crippen LogP contribution in [0.5, 0.6) is 0 Å². The molecular formula is C15H19NOS. The van der Waals surface area contributed by atoms with Crippen molar-refractivity contribution in [1.29, 1.82) is 0 Å². The van der Waals surface area contributed by atoms with Gasteiger partial charge in [-0.1, -0.05) is 38.1 Å². The Kier molecular flexibility index (Phi) is 4.50. The first kappa shape index (κ1) is 13.2. The number of aryl methyl sites for hydroxylation is 1. The van der Waals surface area contributed by atoms with E-state index in [2.05, 4.69) is 48.5 Å². The molecule has 2 nitrogen and oxygen atoms in total.